The second-order valence-corrected chi connectivity index (χ2v) is 4.94. The molecule has 1 aromatic rings. The molecule has 1 fully saturated rings. The Hall–Kier alpha value is -1.66. The maximum atomic E-state index is 10.8. The van der Waals surface area contributed by atoms with Crippen LogP contribution in [0.2, 0.25) is 0 Å². The fourth-order valence-corrected chi connectivity index (χ4v) is 2.71. The summed E-state index contributed by atoms with van der Waals surface area (Å²) in [5.41, 5.74) is 1.04. The number of non-ortho nitro benzene ring substituents is 1. The summed E-state index contributed by atoms with van der Waals surface area (Å²) in [6.07, 6.45) is 1.74. The van der Waals surface area contributed by atoms with E-state index in [1.54, 1.807) is 26.4 Å². The van der Waals surface area contributed by atoms with Crippen LogP contribution in [0.3, 0.4) is 0 Å². The third-order valence-corrected chi connectivity index (χ3v) is 3.79. The van der Waals surface area contributed by atoms with E-state index < -0.39 is 0 Å². The number of nitro benzene ring substituents is 1. The number of piperidine rings is 1. The van der Waals surface area contributed by atoms with Crippen molar-refractivity contribution in [1.82, 2.24) is 0 Å². The van der Waals surface area contributed by atoms with Crippen LogP contribution in [-0.4, -0.2) is 38.5 Å². The highest BCUT2D eigenvalue weighted by Crippen LogP contribution is 2.28. The summed E-state index contributed by atoms with van der Waals surface area (Å²) in [4.78, 5) is 12.6. The van der Waals surface area contributed by atoms with Crippen molar-refractivity contribution in [3.63, 3.8) is 0 Å². The number of nitrogens with zero attached hydrogens (tertiary/aromatic N) is 2. The molecular formula is C14H20N2O4. The van der Waals surface area contributed by atoms with Crippen LogP contribution >= 0.6 is 0 Å². The highest BCUT2D eigenvalue weighted by atomic mass is 16.7. The van der Waals surface area contributed by atoms with Gasteiger partial charge in [0.25, 0.3) is 5.69 Å². The minimum Gasteiger partial charge on any atom is -0.371 e. The molecule has 0 N–H and O–H groups in total. The molecular weight excluding hydrogens is 260 g/mol. The van der Waals surface area contributed by atoms with Crippen molar-refractivity contribution in [3.8, 4) is 0 Å². The fourth-order valence-electron chi connectivity index (χ4n) is 2.71. The number of nitro groups is 1. The molecule has 20 heavy (non-hydrogen) atoms. The van der Waals surface area contributed by atoms with E-state index in [1.807, 2.05) is 6.07 Å². The predicted molar refractivity (Wildman–Crippen MR) is 75.8 cm³/mol. The maximum absolute atomic E-state index is 10.8. The van der Waals surface area contributed by atoms with Crippen LogP contribution in [0.4, 0.5) is 11.4 Å². The molecule has 0 aromatic heterocycles. The van der Waals surface area contributed by atoms with E-state index in [1.165, 1.54) is 6.07 Å². The SMILES string of the molecule is COC(OC)C1CCN(c2cccc([N+](=O)[O-])c2)CC1. The Kier molecular flexibility index (Phi) is 4.92. The van der Waals surface area contributed by atoms with Crippen LogP contribution in [-0.2, 0) is 9.47 Å². The molecule has 0 saturated carbocycles. The molecule has 0 atom stereocenters. The lowest BCUT2D eigenvalue weighted by Gasteiger charge is -2.36. The number of ether oxygens (including phenoxy) is 2. The molecule has 0 unspecified atom stereocenters. The van der Waals surface area contributed by atoms with Crippen molar-refractivity contribution in [3.05, 3.63) is 34.4 Å². The minimum absolute atomic E-state index is 0.135. The highest BCUT2D eigenvalue weighted by Gasteiger charge is 2.27. The van der Waals surface area contributed by atoms with Crippen LogP contribution < -0.4 is 4.90 Å². The predicted octanol–water partition coefficient (Wildman–Crippen LogP) is 2.43. The van der Waals surface area contributed by atoms with Crippen molar-refractivity contribution in [2.45, 2.75) is 19.1 Å². The van der Waals surface area contributed by atoms with E-state index >= 15 is 0 Å². The van der Waals surface area contributed by atoms with Gasteiger partial charge in [-0.1, -0.05) is 6.07 Å². The van der Waals surface area contributed by atoms with Gasteiger partial charge in [-0.2, -0.15) is 0 Å². The summed E-state index contributed by atoms with van der Waals surface area (Å²) in [5.74, 6) is 0.375. The zero-order valence-corrected chi connectivity index (χ0v) is 11.8. The molecule has 2 rings (SSSR count). The number of anilines is 1. The Morgan fingerprint density at radius 3 is 2.50 bits per heavy atom. The maximum Gasteiger partial charge on any atom is 0.271 e. The number of benzene rings is 1. The van der Waals surface area contributed by atoms with Crippen LogP contribution in [0.5, 0.6) is 0 Å². The van der Waals surface area contributed by atoms with Gasteiger partial charge >= 0.3 is 0 Å². The van der Waals surface area contributed by atoms with Gasteiger partial charge in [0, 0.05) is 51.0 Å². The lowest BCUT2D eigenvalue weighted by molar-refractivity contribution is -0.384. The Balaban J connectivity index is 2.00. The van der Waals surface area contributed by atoms with Gasteiger partial charge in [-0.25, -0.2) is 0 Å². The molecule has 1 heterocycles. The monoisotopic (exact) mass is 280 g/mol. The van der Waals surface area contributed by atoms with E-state index in [9.17, 15) is 10.1 Å². The molecule has 6 nitrogen and oxygen atoms in total. The van der Waals surface area contributed by atoms with Gasteiger partial charge in [-0.05, 0) is 18.9 Å². The van der Waals surface area contributed by atoms with Crippen molar-refractivity contribution >= 4 is 11.4 Å². The molecule has 1 aromatic carbocycles. The Bertz CT molecular complexity index is 454. The van der Waals surface area contributed by atoms with E-state index in [-0.39, 0.29) is 16.9 Å². The molecule has 1 aliphatic heterocycles. The van der Waals surface area contributed by atoms with Crippen molar-refractivity contribution in [2.75, 3.05) is 32.2 Å². The number of hydrogen-bond donors (Lipinski definition) is 0. The van der Waals surface area contributed by atoms with Gasteiger partial charge in [0.1, 0.15) is 0 Å². The zero-order chi connectivity index (χ0) is 14.5. The van der Waals surface area contributed by atoms with Gasteiger partial charge < -0.3 is 14.4 Å². The summed E-state index contributed by atoms with van der Waals surface area (Å²) in [5, 5.41) is 10.8. The Morgan fingerprint density at radius 1 is 1.30 bits per heavy atom. The van der Waals surface area contributed by atoms with Crippen molar-refractivity contribution in [1.29, 1.82) is 0 Å². The average molecular weight is 280 g/mol. The summed E-state index contributed by atoms with van der Waals surface area (Å²) in [7, 11) is 3.31. The van der Waals surface area contributed by atoms with Gasteiger partial charge in [0.05, 0.1) is 4.92 Å². The van der Waals surface area contributed by atoms with Crippen LogP contribution in [0, 0.1) is 16.0 Å². The van der Waals surface area contributed by atoms with Crippen molar-refractivity contribution < 1.29 is 14.4 Å². The zero-order valence-electron chi connectivity index (χ0n) is 11.8. The highest BCUT2D eigenvalue weighted by molar-refractivity contribution is 5.53. The first-order chi connectivity index (χ1) is 9.65. The summed E-state index contributed by atoms with van der Waals surface area (Å²) in [6.45, 7) is 1.71. The molecule has 0 amide bonds. The molecule has 1 saturated heterocycles. The first-order valence-corrected chi connectivity index (χ1v) is 6.70. The third kappa shape index (κ3) is 3.26. The van der Waals surface area contributed by atoms with Gasteiger partial charge in [0.2, 0.25) is 0 Å². The standard InChI is InChI=1S/C14H20N2O4/c1-19-14(20-2)11-6-8-15(9-7-11)12-4-3-5-13(10-12)16(17)18/h3-5,10-11,14H,6-9H2,1-2H3. The van der Waals surface area contributed by atoms with E-state index in [0.29, 0.717) is 5.92 Å². The summed E-state index contributed by atoms with van der Waals surface area (Å²) in [6, 6.07) is 6.79. The second-order valence-electron chi connectivity index (χ2n) is 4.94. The number of rotatable bonds is 5. The fraction of sp³-hybridized carbons (Fsp3) is 0.571. The van der Waals surface area contributed by atoms with Gasteiger partial charge in [-0.15, -0.1) is 0 Å². The quantitative estimate of drug-likeness (QED) is 0.471. The molecule has 0 aliphatic carbocycles. The topological polar surface area (TPSA) is 64.8 Å². The van der Waals surface area contributed by atoms with E-state index in [0.717, 1.165) is 31.6 Å². The first-order valence-electron chi connectivity index (χ1n) is 6.70. The molecule has 6 heteroatoms. The van der Waals surface area contributed by atoms with E-state index in [4.69, 9.17) is 9.47 Å². The van der Waals surface area contributed by atoms with E-state index in [2.05, 4.69) is 4.90 Å². The lowest BCUT2D eigenvalue weighted by Crippen LogP contribution is -2.39. The molecule has 0 spiro atoms. The minimum atomic E-state index is -0.359. The average Bonchev–Trinajstić information content (AvgIpc) is 2.49. The van der Waals surface area contributed by atoms with Gasteiger partial charge in [-0.3, -0.25) is 10.1 Å². The van der Waals surface area contributed by atoms with Crippen LogP contribution in [0.15, 0.2) is 24.3 Å². The second kappa shape index (κ2) is 6.67. The molecule has 0 radical (unpaired) electrons. The lowest BCUT2D eigenvalue weighted by atomic mass is 9.95. The summed E-state index contributed by atoms with van der Waals surface area (Å²) >= 11 is 0. The largest absolute Gasteiger partial charge is 0.371 e. The Morgan fingerprint density at radius 2 is 1.95 bits per heavy atom. The number of hydrogen-bond acceptors (Lipinski definition) is 5. The van der Waals surface area contributed by atoms with Crippen LogP contribution in [0.25, 0.3) is 0 Å². The smallest absolute Gasteiger partial charge is 0.271 e. The first kappa shape index (κ1) is 14.7. The van der Waals surface area contributed by atoms with Crippen LogP contribution in [0.1, 0.15) is 12.8 Å². The molecule has 1 aliphatic rings. The summed E-state index contributed by atoms with van der Waals surface area (Å²) < 4.78 is 10.6. The van der Waals surface area contributed by atoms with Gasteiger partial charge in [0.15, 0.2) is 6.29 Å². The number of methoxy groups -OCH3 is 2. The molecule has 110 valence electrons. The third-order valence-electron chi connectivity index (χ3n) is 3.79. The molecule has 0 bridgehead atoms. The Labute approximate surface area is 118 Å². The normalized spacial score (nSPS) is 16.6. The van der Waals surface area contributed by atoms with Crippen molar-refractivity contribution in [2.24, 2.45) is 5.92 Å².